The van der Waals surface area contributed by atoms with Crippen LogP contribution in [-0.4, -0.2) is 37.2 Å². The van der Waals surface area contributed by atoms with Gasteiger partial charge >= 0.3 is 13.6 Å². The molecule has 0 aliphatic carbocycles. The van der Waals surface area contributed by atoms with Crippen molar-refractivity contribution in [3.8, 4) is 0 Å². The summed E-state index contributed by atoms with van der Waals surface area (Å²) in [5, 5.41) is 0. The lowest BCUT2D eigenvalue weighted by Crippen LogP contribution is -2.33. The summed E-state index contributed by atoms with van der Waals surface area (Å²) in [5.41, 5.74) is -0.460. The van der Waals surface area contributed by atoms with E-state index in [2.05, 4.69) is 0 Å². The highest BCUT2D eigenvalue weighted by molar-refractivity contribution is 7.56. The van der Waals surface area contributed by atoms with Crippen molar-refractivity contribution in [2.24, 2.45) is 0 Å². The van der Waals surface area contributed by atoms with Gasteiger partial charge in [0.05, 0.1) is 19.8 Å². The summed E-state index contributed by atoms with van der Waals surface area (Å²) in [5.74, 6) is -1.91. The fraction of sp³-hybridized carbons (Fsp3) is 0.500. The van der Waals surface area contributed by atoms with Gasteiger partial charge in [-0.25, -0.2) is 4.79 Å². The molecule has 0 fully saturated rings. The number of benzene rings is 1. The number of ketones is 1. The maximum absolute atomic E-state index is 13.0. The molecule has 0 aromatic heterocycles. The molecular weight excluding hydrogens is 319 g/mol. The standard InChI is InChI=1S/C16H23O6P/c1-4-20-16(18)15(17)14(12-13-10-8-7-9-11-13)23(19,21-5-2)22-6-3/h7-11,14H,4-6,12H2,1-3H3. The largest absolute Gasteiger partial charge is 0.460 e. The summed E-state index contributed by atoms with van der Waals surface area (Å²) in [6, 6.07) is 9.00. The Kier molecular flexibility index (Phi) is 8.17. The van der Waals surface area contributed by atoms with Gasteiger partial charge in [-0.3, -0.25) is 9.36 Å². The molecule has 0 saturated carbocycles. The molecule has 0 spiro atoms. The molecule has 1 unspecified atom stereocenters. The highest BCUT2D eigenvalue weighted by Crippen LogP contribution is 2.54. The molecule has 1 rings (SSSR count). The molecule has 6 nitrogen and oxygen atoms in total. The quantitative estimate of drug-likeness (QED) is 0.369. The van der Waals surface area contributed by atoms with Crippen LogP contribution in [0.5, 0.6) is 0 Å². The van der Waals surface area contributed by atoms with Gasteiger partial charge in [-0.2, -0.15) is 0 Å². The number of carbonyl (C=O) groups excluding carboxylic acids is 2. The molecule has 0 bridgehead atoms. The number of Topliss-reactive ketones (excluding diaryl/α,β-unsaturated/α-hetero) is 1. The zero-order valence-corrected chi connectivity index (χ0v) is 14.6. The highest BCUT2D eigenvalue weighted by atomic mass is 31.2. The third-order valence-electron chi connectivity index (χ3n) is 3.05. The van der Waals surface area contributed by atoms with Crippen LogP contribution in [-0.2, 0) is 34.4 Å². The van der Waals surface area contributed by atoms with Crippen LogP contribution in [0.4, 0.5) is 0 Å². The van der Waals surface area contributed by atoms with Gasteiger partial charge in [0.25, 0.3) is 5.78 Å². The number of ether oxygens (including phenoxy) is 1. The Morgan fingerprint density at radius 1 is 1.00 bits per heavy atom. The maximum Gasteiger partial charge on any atom is 0.375 e. The van der Waals surface area contributed by atoms with E-state index in [1.165, 1.54) is 0 Å². The molecule has 128 valence electrons. The predicted molar refractivity (Wildman–Crippen MR) is 86.4 cm³/mol. The van der Waals surface area contributed by atoms with Crippen molar-refractivity contribution in [3.63, 3.8) is 0 Å². The van der Waals surface area contributed by atoms with Crippen molar-refractivity contribution in [3.05, 3.63) is 35.9 Å². The average Bonchev–Trinajstić information content (AvgIpc) is 2.53. The maximum atomic E-state index is 13.0. The molecule has 1 aromatic carbocycles. The summed E-state index contributed by atoms with van der Waals surface area (Å²) < 4.78 is 28.3. The molecule has 0 N–H and O–H groups in total. The second kappa shape index (κ2) is 9.60. The van der Waals surface area contributed by atoms with Crippen molar-refractivity contribution >= 4 is 19.3 Å². The number of rotatable bonds is 10. The molecule has 0 aliphatic rings. The van der Waals surface area contributed by atoms with Gasteiger partial charge in [0.15, 0.2) is 0 Å². The van der Waals surface area contributed by atoms with E-state index in [1.807, 2.05) is 6.07 Å². The molecule has 23 heavy (non-hydrogen) atoms. The first-order valence-electron chi connectivity index (χ1n) is 7.62. The van der Waals surface area contributed by atoms with E-state index < -0.39 is 25.0 Å². The Morgan fingerprint density at radius 3 is 2.04 bits per heavy atom. The molecule has 1 atom stereocenters. The van der Waals surface area contributed by atoms with Crippen molar-refractivity contribution in [2.45, 2.75) is 32.9 Å². The van der Waals surface area contributed by atoms with Gasteiger partial charge in [-0.1, -0.05) is 30.3 Å². The van der Waals surface area contributed by atoms with Crippen LogP contribution in [0.2, 0.25) is 0 Å². The van der Waals surface area contributed by atoms with Crippen LogP contribution in [0.25, 0.3) is 0 Å². The molecule has 7 heteroatoms. The number of hydrogen-bond donors (Lipinski definition) is 0. The van der Waals surface area contributed by atoms with Crippen LogP contribution in [0.3, 0.4) is 0 Å². The Hall–Kier alpha value is -1.49. The van der Waals surface area contributed by atoms with E-state index in [0.717, 1.165) is 5.56 Å². The second-order valence-electron chi connectivity index (χ2n) is 4.67. The van der Waals surface area contributed by atoms with Crippen molar-refractivity contribution in [1.82, 2.24) is 0 Å². The summed E-state index contributed by atoms with van der Waals surface area (Å²) in [7, 11) is -3.78. The van der Waals surface area contributed by atoms with Crippen LogP contribution in [0.1, 0.15) is 26.3 Å². The van der Waals surface area contributed by atoms with Crippen molar-refractivity contribution in [1.29, 1.82) is 0 Å². The monoisotopic (exact) mass is 342 g/mol. The minimum absolute atomic E-state index is 0.0657. The summed E-state index contributed by atoms with van der Waals surface area (Å²) in [4.78, 5) is 24.3. The van der Waals surface area contributed by atoms with E-state index in [-0.39, 0.29) is 26.2 Å². The van der Waals surface area contributed by atoms with E-state index in [9.17, 15) is 14.2 Å². The minimum atomic E-state index is -3.78. The van der Waals surface area contributed by atoms with E-state index in [1.54, 1.807) is 45.0 Å². The number of hydrogen-bond acceptors (Lipinski definition) is 6. The Bertz CT molecular complexity index is 547. The predicted octanol–water partition coefficient (Wildman–Crippen LogP) is 3.00. The molecule has 0 amide bonds. The lowest BCUT2D eigenvalue weighted by atomic mass is 10.1. The molecule has 0 radical (unpaired) electrons. The topological polar surface area (TPSA) is 78.9 Å². The Morgan fingerprint density at radius 2 is 1.57 bits per heavy atom. The molecular formula is C16H23O6P. The SMILES string of the molecule is CCOC(=O)C(=O)C(Cc1ccccc1)P(=O)(OCC)OCC. The number of esters is 1. The fourth-order valence-corrected chi connectivity index (χ4v) is 4.08. The lowest BCUT2D eigenvalue weighted by Gasteiger charge is -2.24. The van der Waals surface area contributed by atoms with Crippen LogP contribution < -0.4 is 0 Å². The average molecular weight is 342 g/mol. The van der Waals surface area contributed by atoms with Crippen LogP contribution in [0, 0.1) is 0 Å². The van der Waals surface area contributed by atoms with E-state index in [0.29, 0.717) is 0 Å². The smallest absolute Gasteiger partial charge is 0.375 e. The van der Waals surface area contributed by atoms with E-state index >= 15 is 0 Å². The van der Waals surface area contributed by atoms with Gasteiger partial charge in [0, 0.05) is 0 Å². The molecule has 0 saturated heterocycles. The van der Waals surface area contributed by atoms with Crippen molar-refractivity contribution < 1.29 is 27.9 Å². The van der Waals surface area contributed by atoms with Crippen LogP contribution in [0.15, 0.2) is 30.3 Å². The van der Waals surface area contributed by atoms with Gasteiger partial charge in [-0.15, -0.1) is 0 Å². The fourth-order valence-electron chi connectivity index (χ4n) is 2.10. The highest BCUT2D eigenvalue weighted by Gasteiger charge is 2.44. The number of carbonyl (C=O) groups is 2. The lowest BCUT2D eigenvalue weighted by molar-refractivity contribution is -0.153. The van der Waals surface area contributed by atoms with Gasteiger partial charge in [0.1, 0.15) is 5.66 Å². The third kappa shape index (κ3) is 5.57. The first kappa shape index (κ1) is 19.6. The zero-order chi connectivity index (χ0) is 17.3. The normalized spacial score (nSPS) is 12.7. The second-order valence-corrected chi connectivity index (χ2v) is 6.89. The third-order valence-corrected chi connectivity index (χ3v) is 5.47. The Labute approximate surface area is 136 Å². The van der Waals surface area contributed by atoms with Gasteiger partial charge in [-0.05, 0) is 32.8 Å². The Balaban J connectivity index is 3.15. The molecule has 1 aromatic rings. The summed E-state index contributed by atoms with van der Waals surface area (Å²) >= 11 is 0. The van der Waals surface area contributed by atoms with E-state index in [4.69, 9.17) is 13.8 Å². The van der Waals surface area contributed by atoms with Gasteiger partial charge in [0.2, 0.25) is 0 Å². The summed E-state index contributed by atoms with van der Waals surface area (Å²) in [6.07, 6.45) is 0.0791. The van der Waals surface area contributed by atoms with Gasteiger partial charge < -0.3 is 13.8 Å². The zero-order valence-electron chi connectivity index (χ0n) is 13.7. The van der Waals surface area contributed by atoms with Crippen LogP contribution >= 0.6 is 7.60 Å². The molecule has 0 aliphatic heterocycles. The first-order valence-corrected chi connectivity index (χ1v) is 9.23. The van der Waals surface area contributed by atoms with Crippen molar-refractivity contribution in [2.75, 3.05) is 19.8 Å². The minimum Gasteiger partial charge on any atom is -0.460 e. The molecule has 0 heterocycles. The first-order chi connectivity index (χ1) is 11.0. The summed E-state index contributed by atoms with van der Waals surface area (Å²) in [6.45, 7) is 5.19.